The minimum atomic E-state index is -1.03. The number of hydrogen-bond donors (Lipinski definition) is 3. The first-order valence-electron chi connectivity index (χ1n) is 9.51. The lowest BCUT2D eigenvalue weighted by atomic mass is 9.86. The van der Waals surface area contributed by atoms with Crippen molar-refractivity contribution in [3.8, 4) is 5.75 Å². The van der Waals surface area contributed by atoms with E-state index in [2.05, 4.69) is 37.3 Å². The number of aliphatic hydroxyl groups is 1. The molecule has 1 aliphatic carbocycles. The maximum absolute atomic E-state index is 10.6. The highest BCUT2D eigenvalue weighted by Crippen LogP contribution is 2.37. The fourth-order valence-electron chi connectivity index (χ4n) is 3.51. The number of fused-ring (bicyclic) bond motifs is 2. The highest BCUT2D eigenvalue weighted by molar-refractivity contribution is 5.79. The monoisotopic (exact) mass is 398 g/mol. The predicted molar refractivity (Wildman–Crippen MR) is 109 cm³/mol. The van der Waals surface area contributed by atoms with Crippen molar-refractivity contribution in [1.82, 2.24) is 0 Å². The molecule has 1 atom stereocenters. The molecule has 29 heavy (non-hydrogen) atoms. The van der Waals surface area contributed by atoms with Crippen LogP contribution < -0.4 is 4.74 Å². The third kappa shape index (κ3) is 6.47. The van der Waals surface area contributed by atoms with Crippen molar-refractivity contribution in [1.29, 1.82) is 0 Å². The average molecular weight is 398 g/mol. The Labute approximate surface area is 170 Å². The van der Waals surface area contributed by atoms with Crippen molar-refractivity contribution >= 4 is 11.9 Å². The number of benzene rings is 2. The minimum absolute atomic E-state index is 0.216. The number of aliphatic hydroxyl groups excluding tert-OH is 1. The molecular weight excluding hydrogens is 372 g/mol. The number of aryl methyl sites for hydroxylation is 2. The molecule has 0 radical (unpaired) electrons. The molecule has 0 aliphatic heterocycles. The largest absolute Gasteiger partial charge is 0.482 e. The summed E-state index contributed by atoms with van der Waals surface area (Å²) in [6, 6.07) is 14.6. The number of carboxylic acids is 2. The zero-order chi connectivity index (χ0) is 21.2. The highest BCUT2D eigenvalue weighted by atomic mass is 16.5. The van der Waals surface area contributed by atoms with E-state index >= 15 is 0 Å². The molecule has 0 saturated carbocycles. The van der Waals surface area contributed by atoms with Gasteiger partial charge in [-0.25, -0.2) is 9.59 Å². The lowest BCUT2D eigenvalue weighted by Gasteiger charge is -2.19. The van der Waals surface area contributed by atoms with Gasteiger partial charge in [-0.2, -0.15) is 0 Å². The van der Waals surface area contributed by atoms with Gasteiger partial charge in [-0.15, -0.1) is 0 Å². The van der Waals surface area contributed by atoms with Crippen LogP contribution in [0.15, 0.2) is 54.6 Å². The fourth-order valence-corrected chi connectivity index (χ4v) is 3.51. The Hall–Kier alpha value is -3.12. The molecule has 0 bridgehead atoms. The lowest BCUT2D eigenvalue weighted by molar-refractivity contribution is -0.139. The van der Waals surface area contributed by atoms with E-state index in [0.29, 0.717) is 11.7 Å². The normalized spacial score (nSPS) is 14.8. The lowest BCUT2D eigenvalue weighted by Crippen LogP contribution is -2.10. The zero-order valence-electron chi connectivity index (χ0n) is 16.4. The summed E-state index contributed by atoms with van der Waals surface area (Å²) < 4.78 is 5.32. The van der Waals surface area contributed by atoms with Gasteiger partial charge in [0.2, 0.25) is 0 Å². The van der Waals surface area contributed by atoms with Crippen LogP contribution in [0.1, 0.15) is 41.5 Å². The quantitative estimate of drug-likeness (QED) is 0.644. The van der Waals surface area contributed by atoms with Crippen molar-refractivity contribution in [2.75, 3.05) is 13.2 Å². The molecule has 6 nitrogen and oxygen atoms in total. The molecular formula is C23H26O6. The molecule has 0 spiro atoms. The van der Waals surface area contributed by atoms with Gasteiger partial charge in [0.05, 0.1) is 6.61 Å². The van der Waals surface area contributed by atoms with Crippen LogP contribution in [-0.4, -0.2) is 40.5 Å². The molecule has 0 fully saturated rings. The van der Waals surface area contributed by atoms with E-state index in [9.17, 15) is 9.59 Å². The van der Waals surface area contributed by atoms with E-state index < -0.39 is 11.9 Å². The minimum Gasteiger partial charge on any atom is -0.482 e. The molecule has 1 aliphatic rings. The molecule has 6 heteroatoms. The smallest absolute Gasteiger partial charge is 0.341 e. The Bertz CT molecular complexity index is 871. The second-order valence-electron chi connectivity index (χ2n) is 6.63. The van der Waals surface area contributed by atoms with Crippen LogP contribution in [0.5, 0.6) is 5.75 Å². The summed E-state index contributed by atoms with van der Waals surface area (Å²) >= 11 is 0. The average Bonchev–Trinajstić information content (AvgIpc) is 2.87. The van der Waals surface area contributed by atoms with E-state index in [4.69, 9.17) is 20.1 Å². The summed E-state index contributed by atoms with van der Waals surface area (Å²) in [6.45, 7) is 1.70. The van der Waals surface area contributed by atoms with Gasteiger partial charge in [-0.05, 0) is 53.6 Å². The molecule has 1 unspecified atom stereocenters. The van der Waals surface area contributed by atoms with Gasteiger partial charge in [0.25, 0.3) is 0 Å². The number of hydrogen-bond acceptors (Lipinski definition) is 4. The molecule has 3 rings (SSSR count). The third-order valence-electron chi connectivity index (χ3n) is 4.72. The molecule has 0 amide bonds. The SMILES string of the molecule is CCC1c2ccccc2CCc2cc(OCC(=O)O)ccc21.O=C(O)/C=C\CO. The Morgan fingerprint density at radius 1 is 1.07 bits per heavy atom. The van der Waals surface area contributed by atoms with Crippen molar-refractivity contribution in [2.24, 2.45) is 0 Å². The van der Waals surface area contributed by atoms with Crippen molar-refractivity contribution < 1.29 is 29.6 Å². The first-order valence-corrected chi connectivity index (χ1v) is 9.51. The molecule has 154 valence electrons. The number of carbonyl (C=O) groups is 2. The fraction of sp³-hybridized carbons (Fsp3) is 0.304. The summed E-state index contributed by atoms with van der Waals surface area (Å²) in [6.07, 6.45) is 5.08. The van der Waals surface area contributed by atoms with Crippen molar-refractivity contribution in [3.63, 3.8) is 0 Å². The summed E-state index contributed by atoms with van der Waals surface area (Å²) in [7, 11) is 0. The first kappa shape index (κ1) is 22.2. The number of ether oxygens (including phenoxy) is 1. The van der Waals surface area contributed by atoms with Crippen molar-refractivity contribution in [3.05, 3.63) is 76.9 Å². The van der Waals surface area contributed by atoms with Gasteiger partial charge in [-0.1, -0.05) is 43.3 Å². The molecule has 2 aromatic carbocycles. The summed E-state index contributed by atoms with van der Waals surface area (Å²) in [5.74, 6) is -0.938. The van der Waals surface area contributed by atoms with Gasteiger partial charge in [-0.3, -0.25) is 0 Å². The molecule has 0 heterocycles. The predicted octanol–water partition coefficient (Wildman–Crippen LogP) is 3.41. The topological polar surface area (TPSA) is 104 Å². The summed E-state index contributed by atoms with van der Waals surface area (Å²) in [4.78, 5) is 20.2. The zero-order valence-corrected chi connectivity index (χ0v) is 16.4. The van der Waals surface area contributed by atoms with Gasteiger partial charge in [0.15, 0.2) is 6.61 Å². The maximum atomic E-state index is 10.6. The molecule has 0 aromatic heterocycles. The standard InChI is InChI=1S/C19H20O3.C4H6O3/c1-2-16-17-6-4-3-5-13(17)7-8-14-11-15(9-10-18(14)16)22-12-19(20)21;5-3-1-2-4(6)7/h3-6,9-11,16H,2,7-8,12H2,1H3,(H,20,21);1-2,5H,3H2,(H,6,7)/b;2-1-. The van der Waals surface area contributed by atoms with E-state index in [1.165, 1.54) is 22.3 Å². The molecule has 2 aromatic rings. The van der Waals surface area contributed by atoms with Crippen LogP contribution in [0.2, 0.25) is 0 Å². The van der Waals surface area contributed by atoms with E-state index in [-0.39, 0.29) is 13.2 Å². The number of aliphatic carboxylic acids is 2. The Morgan fingerprint density at radius 2 is 1.76 bits per heavy atom. The van der Waals surface area contributed by atoms with Crippen LogP contribution >= 0.6 is 0 Å². The van der Waals surface area contributed by atoms with Gasteiger partial charge < -0.3 is 20.1 Å². The van der Waals surface area contributed by atoms with Gasteiger partial charge >= 0.3 is 11.9 Å². The summed E-state index contributed by atoms with van der Waals surface area (Å²) in [5, 5.41) is 24.5. The number of rotatable bonds is 6. The van der Waals surface area contributed by atoms with Crippen LogP contribution in [-0.2, 0) is 22.4 Å². The number of carboxylic acid groups (broad SMARTS) is 2. The second-order valence-corrected chi connectivity index (χ2v) is 6.63. The Morgan fingerprint density at radius 3 is 2.38 bits per heavy atom. The van der Waals surface area contributed by atoms with E-state index in [1.54, 1.807) is 0 Å². The van der Waals surface area contributed by atoms with Crippen LogP contribution in [0.3, 0.4) is 0 Å². The van der Waals surface area contributed by atoms with Gasteiger partial charge in [0, 0.05) is 12.0 Å². The van der Waals surface area contributed by atoms with Crippen LogP contribution in [0.4, 0.5) is 0 Å². The maximum Gasteiger partial charge on any atom is 0.341 e. The van der Waals surface area contributed by atoms with Crippen LogP contribution in [0, 0.1) is 0 Å². The van der Waals surface area contributed by atoms with Crippen molar-refractivity contribution in [2.45, 2.75) is 32.1 Å². The van der Waals surface area contributed by atoms with Crippen LogP contribution in [0.25, 0.3) is 0 Å². The highest BCUT2D eigenvalue weighted by Gasteiger charge is 2.22. The third-order valence-corrected chi connectivity index (χ3v) is 4.72. The summed E-state index contributed by atoms with van der Waals surface area (Å²) in [5.41, 5.74) is 5.45. The second kappa shape index (κ2) is 11.0. The molecule has 0 saturated heterocycles. The first-order chi connectivity index (χ1) is 14.0. The van der Waals surface area contributed by atoms with E-state index in [0.717, 1.165) is 31.4 Å². The Kier molecular flexibility index (Phi) is 8.43. The molecule has 3 N–H and O–H groups in total. The van der Waals surface area contributed by atoms with E-state index in [1.807, 2.05) is 12.1 Å². The van der Waals surface area contributed by atoms with Gasteiger partial charge in [0.1, 0.15) is 5.75 Å². The Balaban J connectivity index is 0.000000370.